The average molecular weight is 353 g/mol. The maximum atomic E-state index is 5.40. The second kappa shape index (κ2) is 7.63. The summed E-state index contributed by atoms with van der Waals surface area (Å²) < 4.78 is 5.40. The normalized spacial score (nSPS) is 10.9. The maximum Gasteiger partial charge on any atom is 0.119 e. The quantitative estimate of drug-likeness (QED) is 0.407. The second-order valence-electron chi connectivity index (χ2n) is 6.73. The van der Waals surface area contributed by atoms with Gasteiger partial charge >= 0.3 is 0 Å². The summed E-state index contributed by atoms with van der Waals surface area (Å²) in [5, 5.41) is 2.41. The molecule has 27 heavy (non-hydrogen) atoms. The Labute approximate surface area is 160 Å². The summed E-state index contributed by atoms with van der Waals surface area (Å²) in [4.78, 5) is 4.76. The van der Waals surface area contributed by atoms with Crippen LogP contribution in [0.3, 0.4) is 0 Å². The van der Waals surface area contributed by atoms with Gasteiger partial charge in [0, 0.05) is 17.1 Å². The molecule has 0 fully saturated rings. The molecule has 0 saturated carbocycles. The van der Waals surface area contributed by atoms with Crippen LogP contribution in [0.25, 0.3) is 33.2 Å². The minimum atomic E-state index is 0.870. The molecule has 0 aliphatic carbocycles. The van der Waals surface area contributed by atoms with Crippen LogP contribution in [-0.2, 0) is 6.42 Å². The Morgan fingerprint density at radius 2 is 1.70 bits per heavy atom. The SMILES string of the molecule is CCCc1ccc(-c2cccc(OC)c2)cc1-c1nccc2ccccc12. The predicted octanol–water partition coefficient (Wildman–Crippen LogP) is 6.53. The number of hydrogen-bond acceptors (Lipinski definition) is 2. The predicted molar refractivity (Wildman–Crippen MR) is 113 cm³/mol. The highest BCUT2D eigenvalue weighted by atomic mass is 16.5. The molecule has 0 bridgehead atoms. The van der Waals surface area contributed by atoms with Gasteiger partial charge in [-0.15, -0.1) is 0 Å². The van der Waals surface area contributed by atoms with Gasteiger partial charge in [-0.2, -0.15) is 0 Å². The van der Waals surface area contributed by atoms with Crippen molar-refractivity contribution in [3.63, 3.8) is 0 Å². The van der Waals surface area contributed by atoms with Crippen molar-refractivity contribution in [1.29, 1.82) is 0 Å². The molecule has 3 aromatic carbocycles. The van der Waals surface area contributed by atoms with E-state index in [1.807, 2.05) is 18.3 Å². The van der Waals surface area contributed by atoms with E-state index in [2.05, 4.69) is 67.6 Å². The van der Waals surface area contributed by atoms with Crippen molar-refractivity contribution in [2.24, 2.45) is 0 Å². The van der Waals surface area contributed by atoms with Gasteiger partial charge in [0.05, 0.1) is 12.8 Å². The van der Waals surface area contributed by atoms with Gasteiger partial charge in [0.25, 0.3) is 0 Å². The molecule has 1 heterocycles. The summed E-state index contributed by atoms with van der Waals surface area (Å²) in [6.45, 7) is 2.22. The first-order chi connectivity index (χ1) is 13.3. The highest BCUT2D eigenvalue weighted by Crippen LogP contribution is 2.34. The lowest BCUT2D eigenvalue weighted by molar-refractivity contribution is 0.415. The summed E-state index contributed by atoms with van der Waals surface area (Å²) in [7, 11) is 1.70. The van der Waals surface area contributed by atoms with Crippen LogP contribution in [0.5, 0.6) is 5.75 Å². The molecule has 2 nitrogen and oxygen atoms in total. The van der Waals surface area contributed by atoms with Crippen LogP contribution in [0.1, 0.15) is 18.9 Å². The topological polar surface area (TPSA) is 22.1 Å². The minimum absolute atomic E-state index is 0.870. The molecule has 4 aromatic rings. The van der Waals surface area contributed by atoms with Crippen LogP contribution in [0.4, 0.5) is 0 Å². The lowest BCUT2D eigenvalue weighted by Gasteiger charge is -2.14. The van der Waals surface area contributed by atoms with Crippen LogP contribution < -0.4 is 4.74 Å². The number of benzene rings is 3. The van der Waals surface area contributed by atoms with Crippen LogP contribution in [-0.4, -0.2) is 12.1 Å². The molecule has 0 N–H and O–H groups in total. The lowest BCUT2D eigenvalue weighted by Crippen LogP contribution is -1.94. The molecular formula is C25H23NO. The fraction of sp³-hybridized carbons (Fsp3) is 0.160. The van der Waals surface area contributed by atoms with Crippen molar-refractivity contribution in [2.45, 2.75) is 19.8 Å². The van der Waals surface area contributed by atoms with E-state index in [0.717, 1.165) is 29.8 Å². The van der Waals surface area contributed by atoms with Gasteiger partial charge < -0.3 is 4.74 Å². The molecule has 4 rings (SSSR count). The van der Waals surface area contributed by atoms with Crippen molar-refractivity contribution in [3.05, 3.63) is 84.6 Å². The van der Waals surface area contributed by atoms with Crippen molar-refractivity contribution >= 4 is 10.8 Å². The molecular weight excluding hydrogens is 330 g/mol. The van der Waals surface area contributed by atoms with E-state index in [9.17, 15) is 0 Å². The summed E-state index contributed by atoms with van der Waals surface area (Å²) in [6.07, 6.45) is 4.06. The Morgan fingerprint density at radius 3 is 2.56 bits per heavy atom. The summed E-state index contributed by atoms with van der Waals surface area (Å²) in [6, 6.07) is 25.5. The Bertz CT molecular complexity index is 1080. The first-order valence-electron chi connectivity index (χ1n) is 9.41. The largest absolute Gasteiger partial charge is 0.497 e. The first-order valence-corrected chi connectivity index (χ1v) is 9.41. The third-order valence-electron chi connectivity index (χ3n) is 4.96. The van der Waals surface area contributed by atoms with E-state index < -0.39 is 0 Å². The Kier molecular flexibility index (Phi) is 4.88. The van der Waals surface area contributed by atoms with Gasteiger partial charge in [-0.1, -0.05) is 61.9 Å². The molecule has 0 aliphatic heterocycles. The number of pyridine rings is 1. The molecule has 0 atom stereocenters. The van der Waals surface area contributed by atoms with Gasteiger partial charge in [-0.3, -0.25) is 4.98 Å². The number of nitrogens with zero attached hydrogens (tertiary/aromatic N) is 1. The van der Waals surface area contributed by atoms with E-state index in [-0.39, 0.29) is 0 Å². The fourth-order valence-electron chi connectivity index (χ4n) is 3.60. The zero-order chi connectivity index (χ0) is 18.6. The van der Waals surface area contributed by atoms with E-state index in [4.69, 9.17) is 9.72 Å². The number of fused-ring (bicyclic) bond motifs is 1. The van der Waals surface area contributed by atoms with Crippen molar-refractivity contribution in [2.75, 3.05) is 7.11 Å². The van der Waals surface area contributed by atoms with Gasteiger partial charge in [-0.05, 0) is 52.8 Å². The third-order valence-corrected chi connectivity index (χ3v) is 4.96. The zero-order valence-electron chi connectivity index (χ0n) is 15.8. The number of aryl methyl sites for hydroxylation is 1. The number of aromatic nitrogens is 1. The molecule has 0 unspecified atom stereocenters. The van der Waals surface area contributed by atoms with Crippen molar-refractivity contribution in [1.82, 2.24) is 4.98 Å². The fourth-order valence-corrected chi connectivity index (χ4v) is 3.60. The Hall–Kier alpha value is -3.13. The Morgan fingerprint density at radius 1 is 0.852 bits per heavy atom. The summed E-state index contributed by atoms with van der Waals surface area (Å²) >= 11 is 0. The first kappa shape index (κ1) is 17.3. The maximum absolute atomic E-state index is 5.40. The number of hydrogen-bond donors (Lipinski definition) is 0. The standard InChI is InChI=1S/C25H23NO/c1-3-7-18-12-13-21(20-9-6-10-22(16-20)27-2)17-24(18)25-23-11-5-4-8-19(23)14-15-26-25/h4-6,8-17H,3,7H2,1-2H3. The van der Waals surface area contributed by atoms with Crippen LogP contribution in [0.2, 0.25) is 0 Å². The monoisotopic (exact) mass is 353 g/mol. The highest BCUT2D eigenvalue weighted by molar-refractivity contribution is 5.95. The van der Waals surface area contributed by atoms with Crippen LogP contribution in [0.15, 0.2) is 79.0 Å². The number of rotatable bonds is 5. The second-order valence-corrected chi connectivity index (χ2v) is 6.73. The van der Waals surface area contributed by atoms with Crippen LogP contribution >= 0.6 is 0 Å². The molecule has 0 amide bonds. The highest BCUT2D eigenvalue weighted by Gasteiger charge is 2.12. The summed E-state index contributed by atoms with van der Waals surface area (Å²) in [5.74, 6) is 0.870. The minimum Gasteiger partial charge on any atom is -0.497 e. The molecule has 0 aliphatic rings. The van der Waals surface area contributed by atoms with Crippen LogP contribution in [0, 0.1) is 0 Å². The summed E-state index contributed by atoms with van der Waals surface area (Å²) in [5.41, 5.74) is 5.95. The number of ether oxygens (including phenoxy) is 1. The van der Waals surface area contributed by atoms with E-state index in [1.165, 1.54) is 27.5 Å². The van der Waals surface area contributed by atoms with Crippen molar-refractivity contribution in [3.8, 4) is 28.1 Å². The number of methoxy groups -OCH3 is 1. The van der Waals surface area contributed by atoms with Crippen molar-refractivity contribution < 1.29 is 4.74 Å². The molecule has 0 saturated heterocycles. The van der Waals surface area contributed by atoms with Gasteiger partial charge in [0.15, 0.2) is 0 Å². The molecule has 2 heteroatoms. The van der Waals surface area contributed by atoms with Gasteiger partial charge in [-0.25, -0.2) is 0 Å². The van der Waals surface area contributed by atoms with E-state index in [0.29, 0.717) is 0 Å². The molecule has 0 spiro atoms. The lowest BCUT2D eigenvalue weighted by atomic mass is 9.93. The molecule has 1 aromatic heterocycles. The third kappa shape index (κ3) is 3.43. The molecule has 134 valence electrons. The smallest absolute Gasteiger partial charge is 0.119 e. The Balaban J connectivity index is 1.92. The zero-order valence-corrected chi connectivity index (χ0v) is 15.8. The molecule has 0 radical (unpaired) electrons. The van der Waals surface area contributed by atoms with E-state index in [1.54, 1.807) is 7.11 Å². The van der Waals surface area contributed by atoms with E-state index >= 15 is 0 Å². The van der Waals surface area contributed by atoms with Gasteiger partial charge in [0.1, 0.15) is 5.75 Å². The van der Waals surface area contributed by atoms with Gasteiger partial charge in [0.2, 0.25) is 0 Å². The average Bonchev–Trinajstić information content (AvgIpc) is 2.74.